The molecule has 1 aromatic carbocycles. The zero-order chi connectivity index (χ0) is 15.7. The molecule has 0 amide bonds. The van der Waals surface area contributed by atoms with Crippen molar-refractivity contribution in [2.75, 3.05) is 0 Å². The monoisotopic (exact) mass is 309 g/mol. The topological polar surface area (TPSA) is 47.5 Å². The SMILES string of the molecule is c1ccc2c(c1)c1nc3ccccn3c1c1nc3ncccc3n21. The van der Waals surface area contributed by atoms with Crippen molar-refractivity contribution in [2.24, 2.45) is 0 Å². The first-order valence-corrected chi connectivity index (χ1v) is 7.82. The first kappa shape index (κ1) is 12.0. The lowest BCUT2D eigenvalue weighted by Crippen LogP contribution is -1.92. The summed E-state index contributed by atoms with van der Waals surface area (Å²) in [7, 11) is 0. The molecule has 0 spiro atoms. The molecule has 0 atom stereocenters. The zero-order valence-corrected chi connectivity index (χ0v) is 12.6. The first-order chi connectivity index (χ1) is 11.9. The molecule has 6 rings (SSSR count). The lowest BCUT2D eigenvalue weighted by molar-refractivity contribution is 1.21. The molecule has 0 N–H and O–H groups in total. The van der Waals surface area contributed by atoms with Crippen LogP contribution in [0.25, 0.3) is 44.4 Å². The number of hydrogen-bond donors (Lipinski definition) is 0. The van der Waals surface area contributed by atoms with Gasteiger partial charge in [-0.25, -0.2) is 15.0 Å². The maximum absolute atomic E-state index is 4.85. The van der Waals surface area contributed by atoms with Crippen LogP contribution in [0.1, 0.15) is 0 Å². The van der Waals surface area contributed by atoms with Crippen LogP contribution in [0.4, 0.5) is 0 Å². The summed E-state index contributed by atoms with van der Waals surface area (Å²) in [5.74, 6) is 0. The molecule has 0 aliphatic heterocycles. The molecule has 5 heteroatoms. The Kier molecular flexibility index (Phi) is 2.04. The molecule has 5 nitrogen and oxygen atoms in total. The van der Waals surface area contributed by atoms with Gasteiger partial charge in [-0.2, -0.15) is 0 Å². The third-order valence-electron chi connectivity index (χ3n) is 4.57. The average Bonchev–Trinajstić information content (AvgIpc) is 3.20. The van der Waals surface area contributed by atoms with Crippen LogP contribution in [0.2, 0.25) is 0 Å². The van der Waals surface area contributed by atoms with Gasteiger partial charge in [0.15, 0.2) is 11.3 Å². The number of fused-ring (bicyclic) bond motifs is 10. The fourth-order valence-corrected chi connectivity index (χ4v) is 3.58. The van der Waals surface area contributed by atoms with Crippen LogP contribution in [-0.2, 0) is 0 Å². The zero-order valence-electron chi connectivity index (χ0n) is 12.6. The van der Waals surface area contributed by atoms with Crippen LogP contribution in [0, 0.1) is 0 Å². The number of rotatable bonds is 0. The van der Waals surface area contributed by atoms with E-state index in [2.05, 4.69) is 38.1 Å². The standard InChI is InChI=1S/C19H11N5/c1-2-7-13-12(6-1)16-17(23-11-4-3-9-15(23)21-16)19-22-18-14(24(13)19)8-5-10-20-18/h1-11H. The van der Waals surface area contributed by atoms with Gasteiger partial charge in [-0.05, 0) is 30.3 Å². The van der Waals surface area contributed by atoms with E-state index < -0.39 is 0 Å². The van der Waals surface area contributed by atoms with Crippen molar-refractivity contribution in [1.29, 1.82) is 0 Å². The lowest BCUT2D eigenvalue weighted by Gasteiger charge is -2.05. The summed E-state index contributed by atoms with van der Waals surface area (Å²) in [5.41, 5.74) is 6.65. The summed E-state index contributed by atoms with van der Waals surface area (Å²) in [5, 5.41) is 1.12. The minimum Gasteiger partial charge on any atom is -0.296 e. The minimum atomic E-state index is 0.751. The predicted molar refractivity (Wildman–Crippen MR) is 94.3 cm³/mol. The van der Waals surface area contributed by atoms with E-state index in [0.29, 0.717) is 0 Å². The van der Waals surface area contributed by atoms with E-state index in [-0.39, 0.29) is 0 Å². The largest absolute Gasteiger partial charge is 0.296 e. The number of benzene rings is 1. The number of nitrogens with zero attached hydrogens (tertiary/aromatic N) is 5. The van der Waals surface area contributed by atoms with Crippen molar-refractivity contribution in [3.8, 4) is 0 Å². The van der Waals surface area contributed by atoms with Gasteiger partial charge in [0.2, 0.25) is 0 Å². The summed E-state index contributed by atoms with van der Waals surface area (Å²) in [6, 6.07) is 18.4. The number of pyridine rings is 3. The van der Waals surface area contributed by atoms with Crippen molar-refractivity contribution < 1.29 is 0 Å². The molecule has 5 heterocycles. The van der Waals surface area contributed by atoms with Gasteiger partial charge in [0.25, 0.3) is 0 Å². The van der Waals surface area contributed by atoms with Crippen LogP contribution < -0.4 is 0 Å². The molecule has 0 radical (unpaired) electrons. The van der Waals surface area contributed by atoms with E-state index in [1.165, 1.54) is 0 Å². The van der Waals surface area contributed by atoms with Gasteiger partial charge in [-0.3, -0.25) is 8.80 Å². The number of imidazole rings is 2. The summed E-state index contributed by atoms with van der Waals surface area (Å²) >= 11 is 0. The minimum absolute atomic E-state index is 0.751. The summed E-state index contributed by atoms with van der Waals surface area (Å²) in [6.07, 6.45) is 3.81. The van der Waals surface area contributed by atoms with E-state index in [4.69, 9.17) is 9.97 Å². The molecule has 112 valence electrons. The van der Waals surface area contributed by atoms with Gasteiger partial charge in [0.1, 0.15) is 16.7 Å². The van der Waals surface area contributed by atoms with Crippen molar-refractivity contribution in [1.82, 2.24) is 23.8 Å². The van der Waals surface area contributed by atoms with Gasteiger partial charge < -0.3 is 0 Å². The normalized spacial score (nSPS) is 12.2. The number of aromatic nitrogens is 5. The van der Waals surface area contributed by atoms with Crippen molar-refractivity contribution in [3.05, 3.63) is 67.0 Å². The van der Waals surface area contributed by atoms with Gasteiger partial charge in [-0.15, -0.1) is 0 Å². The Balaban J connectivity index is 2.08. The van der Waals surface area contributed by atoms with E-state index in [1.807, 2.05) is 36.5 Å². The highest BCUT2D eigenvalue weighted by Crippen LogP contribution is 2.31. The van der Waals surface area contributed by atoms with Crippen LogP contribution in [0.3, 0.4) is 0 Å². The summed E-state index contributed by atoms with van der Waals surface area (Å²) in [4.78, 5) is 14.1. The van der Waals surface area contributed by atoms with Crippen LogP contribution in [0.5, 0.6) is 0 Å². The highest BCUT2D eigenvalue weighted by atomic mass is 15.1. The molecular weight excluding hydrogens is 298 g/mol. The van der Waals surface area contributed by atoms with E-state index >= 15 is 0 Å². The Morgan fingerprint density at radius 1 is 0.792 bits per heavy atom. The Bertz CT molecular complexity index is 1410. The third kappa shape index (κ3) is 1.33. The van der Waals surface area contributed by atoms with Gasteiger partial charge in [0.05, 0.1) is 11.0 Å². The Morgan fingerprint density at radius 3 is 2.67 bits per heavy atom. The fraction of sp³-hybridized carbons (Fsp3) is 0. The van der Waals surface area contributed by atoms with E-state index in [1.54, 1.807) is 6.20 Å². The lowest BCUT2D eigenvalue weighted by atomic mass is 10.2. The Morgan fingerprint density at radius 2 is 1.67 bits per heavy atom. The maximum atomic E-state index is 4.85. The Hall–Kier alpha value is -3.47. The first-order valence-electron chi connectivity index (χ1n) is 7.82. The molecular formula is C19H11N5. The van der Waals surface area contributed by atoms with Crippen LogP contribution in [0.15, 0.2) is 67.0 Å². The van der Waals surface area contributed by atoms with Crippen molar-refractivity contribution in [3.63, 3.8) is 0 Å². The Labute approximate surface area is 135 Å². The third-order valence-corrected chi connectivity index (χ3v) is 4.57. The highest BCUT2D eigenvalue weighted by Gasteiger charge is 2.17. The van der Waals surface area contributed by atoms with Crippen molar-refractivity contribution in [2.45, 2.75) is 0 Å². The van der Waals surface area contributed by atoms with Gasteiger partial charge in [-0.1, -0.05) is 24.3 Å². The molecule has 0 unspecified atom stereocenters. The van der Waals surface area contributed by atoms with Gasteiger partial charge >= 0.3 is 0 Å². The van der Waals surface area contributed by atoms with E-state index in [9.17, 15) is 0 Å². The second-order valence-corrected chi connectivity index (χ2v) is 5.87. The summed E-state index contributed by atoms with van der Waals surface area (Å²) in [6.45, 7) is 0. The molecule has 24 heavy (non-hydrogen) atoms. The summed E-state index contributed by atoms with van der Waals surface area (Å²) < 4.78 is 4.28. The smallest absolute Gasteiger partial charge is 0.178 e. The molecule has 0 saturated heterocycles. The van der Waals surface area contributed by atoms with Crippen LogP contribution in [-0.4, -0.2) is 23.8 Å². The molecule has 0 aliphatic carbocycles. The molecule has 6 aromatic rings. The number of hydrogen-bond acceptors (Lipinski definition) is 3. The molecule has 0 bridgehead atoms. The predicted octanol–water partition coefficient (Wildman–Crippen LogP) is 3.84. The fourth-order valence-electron chi connectivity index (χ4n) is 3.58. The molecule has 0 fully saturated rings. The molecule has 0 saturated carbocycles. The second kappa shape index (κ2) is 4.08. The van der Waals surface area contributed by atoms with Crippen LogP contribution >= 0.6 is 0 Å². The number of para-hydroxylation sites is 1. The molecule has 5 aromatic heterocycles. The van der Waals surface area contributed by atoms with E-state index in [0.717, 1.165) is 44.4 Å². The second-order valence-electron chi connectivity index (χ2n) is 5.87. The highest BCUT2D eigenvalue weighted by molar-refractivity contribution is 6.11. The van der Waals surface area contributed by atoms with Crippen molar-refractivity contribution >= 4 is 44.4 Å². The molecule has 0 aliphatic rings. The maximum Gasteiger partial charge on any atom is 0.178 e. The quantitative estimate of drug-likeness (QED) is 0.428. The average molecular weight is 309 g/mol. The van der Waals surface area contributed by atoms with Gasteiger partial charge in [0, 0.05) is 17.8 Å².